The second-order valence-corrected chi connectivity index (χ2v) is 4.49. The minimum atomic E-state index is -5.01. The summed E-state index contributed by atoms with van der Waals surface area (Å²) in [5.74, 6) is -3.40. The minimum absolute atomic E-state index is 0.401. The van der Waals surface area contributed by atoms with Crippen molar-refractivity contribution in [2.75, 3.05) is 0 Å². The maximum atomic E-state index is 12.2. The van der Waals surface area contributed by atoms with E-state index in [4.69, 9.17) is 4.74 Å². The Morgan fingerprint density at radius 2 is 1.68 bits per heavy atom. The van der Waals surface area contributed by atoms with Crippen molar-refractivity contribution in [2.45, 2.75) is 58.9 Å². The van der Waals surface area contributed by atoms with Gasteiger partial charge in [0, 0.05) is 0 Å². The molecule has 0 aliphatic rings. The van der Waals surface area contributed by atoms with Crippen LogP contribution in [0.2, 0.25) is 0 Å². The third-order valence-corrected chi connectivity index (χ3v) is 2.90. The molecule has 3 atom stereocenters. The van der Waals surface area contributed by atoms with Gasteiger partial charge in [-0.3, -0.25) is 4.79 Å². The first-order valence-corrected chi connectivity index (χ1v) is 6.21. The van der Waals surface area contributed by atoms with Crippen molar-refractivity contribution in [3.63, 3.8) is 0 Å². The highest BCUT2D eigenvalue weighted by molar-refractivity contribution is 5.87. The number of carbonyl (C=O) groups is 2. The van der Waals surface area contributed by atoms with Crippen molar-refractivity contribution in [3.8, 4) is 0 Å². The van der Waals surface area contributed by atoms with Gasteiger partial charge in [0.05, 0.1) is 6.10 Å². The SMILES string of the molecule is CCC(C)OC(=O)[C@@H](NC(=O)C(F)(F)F)[C@@H](C)CC. The Bertz CT molecular complexity index is 318. The van der Waals surface area contributed by atoms with E-state index in [2.05, 4.69) is 0 Å². The lowest BCUT2D eigenvalue weighted by Crippen LogP contribution is -2.50. The maximum Gasteiger partial charge on any atom is 0.471 e. The predicted octanol–water partition coefficient (Wildman–Crippen LogP) is 2.42. The quantitative estimate of drug-likeness (QED) is 0.762. The molecule has 0 aromatic carbocycles. The van der Waals surface area contributed by atoms with Crippen LogP contribution in [0, 0.1) is 5.92 Å². The van der Waals surface area contributed by atoms with Crippen LogP contribution in [0.4, 0.5) is 13.2 Å². The molecule has 0 aliphatic heterocycles. The molecule has 0 saturated heterocycles. The average molecular weight is 283 g/mol. The highest BCUT2D eigenvalue weighted by Crippen LogP contribution is 2.17. The Kier molecular flexibility index (Phi) is 6.86. The number of hydrogen-bond acceptors (Lipinski definition) is 3. The molecule has 0 rings (SSSR count). The lowest BCUT2D eigenvalue weighted by atomic mass is 9.99. The Morgan fingerprint density at radius 1 is 1.16 bits per heavy atom. The molecule has 1 unspecified atom stereocenters. The van der Waals surface area contributed by atoms with Crippen LogP contribution >= 0.6 is 0 Å². The number of amides is 1. The van der Waals surface area contributed by atoms with E-state index in [1.54, 1.807) is 33.0 Å². The van der Waals surface area contributed by atoms with E-state index >= 15 is 0 Å². The standard InChI is InChI=1S/C12H20F3NO3/c1-5-7(3)9(10(17)19-8(4)6-2)16-11(18)12(13,14)15/h7-9H,5-6H2,1-4H3,(H,16,18)/t7-,8?,9-/m0/s1. The van der Waals surface area contributed by atoms with Crippen molar-refractivity contribution in [1.82, 2.24) is 5.32 Å². The van der Waals surface area contributed by atoms with Crippen LogP contribution in [-0.4, -0.2) is 30.2 Å². The van der Waals surface area contributed by atoms with Crippen molar-refractivity contribution < 1.29 is 27.5 Å². The number of carbonyl (C=O) groups excluding carboxylic acids is 2. The summed E-state index contributed by atoms with van der Waals surface area (Å²) in [4.78, 5) is 22.7. The molecular weight excluding hydrogens is 263 g/mol. The highest BCUT2D eigenvalue weighted by atomic mass is 19.4. The fourth-order valence-corrected chi connectivity index (χ4v) is 1.25. The second-order valence-electron chi connectivity index (χ2n) is 4.49. The van der Waals surface area contributed by atoms with Crippen molar-refractivity contribution in [3.05, 3.63) is 0 Å². The van der Waals surface area contributed by atoms with Gasteiger partial charge in [-0.05, 0) is 19.3 Å². The lowest BCUT2D eigenvalue weighted by molar-refractivity contribution is -0.177. The zero-order valence-corrected chi connectivity index (χ0v) is 11.5. The zero-order valence-electron chi connectivity index (χ0n) is 11.5. The van der Waals surface area contributed by atoms with Gasteiger partial charge in [0.15, 0.2) is 0 Å². The first-order chi connectivity index (χ1) is 8.63. The van der Waals surface area contributed by atoms with Crippen LogP contribution in [0.15, 0.2) is 0 Å². The number of alkyl halides is 3. The number of ether oxygens (including phenoxy) is 1. The van der Waals surface area contributed by atoms with E-state index in [0.29, 0.717) is 12.8 Å². The Morgan fingerprint density at radius 3 is 2.05 bits per heavy atom. The number of hydrogen-bond donors (Lipinski definition) is 1. The molecule has 7 heteroatoms. The third kappa shape index (κ3) is 5.94. The average Bonchev–Trinajstić information content (AvgIpc) is 2.32. The van der Waals surface area contributed by atoms with Gasteiger partial charge in [0.25, 0.3) is 0 Å². The summed E-state index contributed by atoms with van der Waals surface area (Å²) < 4.78 is 41.6. The van der Waals surface area contributed by atoms with Crippen LogP contribution in [0.3, 0.4) is 0 Å². The first kappa shape index (κ1) is 17.7. The lowest BCUT2D eigenvalue weighted by Gasteiger charge is -2.24. The molecule has 0 aromatic heterocycles. The van der Waals surface area contributed by atoms with E-state index in [0.717, 1.165) is 0 Å². The molecule has 112 valence electrons. The van der Waals surface area contributed by atoms with Crippen LogP contribution in [-0.2, 0) is 14.3 Å². The molecule has 0 radical (unpaired) electrons. The normalized spacial score (nSPS) is 16.4. The van der Waals surface area contributed by atoms with Gasteiger partial charge in [-0.25, -0.2) is 4.79 Å². The summed E-state index contributed by atoms with van der Waals surface area (Å²) in [6.45, 7) is 6.72. The summed E-state index contributed by atoms with van der Waals surface area (Å²) in [6.07, 6.45) is -4.42. The monoisotopic (exact) mass is 283 g/mol. The number of halogens is 3. The van der Waals surface area contributed by atoms with Gasteiger partial charge in [-0.15, -0.1) is 0 Å². The van der Waals surface area contributed by atoms with E-state index in [1.807, 2.05) is 0 Å². The van der Waals surface area contributed by atoms with E-state index in [9.17, 15) is 22.8 Å². The highest BCUT2D eigenvalue weighted by Gasteiger charge is 2.42. The molecule has 0 aliphatic carbocycles. The Hall–Kier alpha value is -1.27. The molecule has 0 fully saturated rings. The van der Waals surface area contributed by atoms with E-state index < -0.39 is 36.1 Å². The molecule has 4 nitrogen and oxygen atoms in total. The second kappa shape index (κ2) is 7.35. The smallest absolute Gasteiger partial charge is 0.461 e. The topological polar surface area (TPSA) is 55.4 Å². The summed E-state index contributed by atoms with van der Waals surface area (Å²) in [5.41, 5.74) is 0. The van der Waals surface area contributed by atoms with Gasteiger partial charge < -0.3 is 10.1 Å². The van der Waals surface area contributed by atoms with Gasteiger partial charge in [-0.1, -0.05) is 27.2 Å². The maximum absolute atomic E-state index is 12.2. The first-order valence-electron chi connectivity index (χ1n) is 6.21. The summed E-state index contributed by atoms with van der Waals surface area (Å²) in [6, 6.07) is -1.28. The summed E-state index contributed by atoms with van der Waals surface area (Å²) in [5, 5.41) is 1.70. The summed E-state index contributed by atoms with van der Waals surface area (Å²) >= 11 is 0. The number of nitrogens with one attached hydrogen (secondary N) is 1. The van der Waals surface area contributed by atoms with Crippen molar-refractivity contribution >= 4 is 11.9 Å². The fourth-order valence-electron chi connectivity index (χ4n) is 1.25. The molecule has 0 spiro atoms. The third-order valence-electron chi connectivity index (χ3n) is 2.90. The largest absolute Gasteiger partial charge is 0.471 e. The van der Waals surface area contributed by atoms with E-state index in [-0.39, 0.29) is 0 Å². The van der Waals surface area contributed by atoms with Crippen LogP contribution in [0.1, 0.15) is 40.5 Å². The van der Waals surface area contributed by atoms with Crippen molar-refractivity contribution in [2.24, 2.45) is 5.92 Å². The van der Waals surface area contributed by atoms with Crippen LogP contribution in [0.5, 0.6) is 0 Å². The molecule has 0 bridgehead atoms. The Labute approximate surface area is 110 Å². The summed E-state index contributed by atoms with van der Waals surface area (Å²) in [7, 11) is 0. The van der Waals surface area contributed by atoms with Gasteiger partial charge in [0.2, 0.25) is 0 Å². The van der Waals surface area contributed by atoms with Gasteiger partial charge >= 0.3 is 18.1 Å². The van der Waals surface area contributed by atoms with Gasteiger partial charge in [-0.2, -0.15) is 13.2 Å². The van der Waals surface area contributed by atoms with Crippen LogP contribution in [0.25, 0.3) is 0 Å². The number of rotatable bonds is 6. The number of esters is 1. The van der Waals surface area contributed by atoms with E-state index in [1.165, 1.54) is 0 Å². The molecule has 1 N–H and O–H groups in total. The molecule has 0 saturated carbocycles. The Balaban J connectivity index is 4.83. The molecular formula is C12H20F3NO3. The van der Waals surface area contributed by atoms with Gasteiger partial charge in [0.1, 0.15) is 6.04 Å². The fraction of sp³-hybridized carbons (Fsp3) is 0.833. The predicted molar refractivity (Wildman–Crippen MR) is 63.3 cm³/mol. The van der Waals surface area contributed by atoms with Crippen LogP contribution < -0.4 is 5.32 Å². The molecule has 1 amide bonds. The minimum Gasteiger partial charge on any atom is -0.461 e. The molecule has 0 aromatic rings. The van der Waals surface area contributed by atoms with Crippen molar-refractivity contribution in [1.29, 1.82) is 0 Å². The zero-order chi connectivity index (χ0) is 15.2. The molecule has 0 heterocycles. The molecule has 19 heavy (non-hydrogen) atoms.